The van der Waals surface area contributed by atoms with E-state index >= 15 is 0 Å². The lowest BCUT2D eigenvalue weighted by Crippen LogP contribution is -2.28. The maximum Gasteiger partial charge on any atom is 0.222 e. The zero-order valence-corrected chi connectivity index (χ0v) is 16.1. The number of amides is 1. The second-order valence-electron chi connectivity index (χ2n) is 5.72. The molecule has 0 bridgehead atoms. The van der Waals surface area contributed by atoms with Gasteiger partial charge in [-0.25, -0.2) is 0 Å². The van der Waals surface area contributed by atoms with Crippen LogP contribution in [0.2, 0.25) is 5.02 Å². The highest BCUT2D eigenvalue weighted by molar-refractivity contribution is 6.32. The zero-order valence-electron chi connectivity index (χ0n) is 14.6. The van der Waals surface area contributed by atoms with Gasteiger partial charge in [-0.15, -0.1) is 12.4 Å². The fourth-order valence-corrected chi connectivity index (χ4v) is 3.01. The van der Waals surface area contributed by atoms with Gasteiger partial charge < -0.3 is 19.7 Å². The summed E-state index contributed by atoms with van der Waals surface area (Å²) < 4.78 is 10.9. The number of hydrogen-bond donors (Lipinski definition) is 1. The van der Waals surface area contributed by atoms with E-state index < -0.39 is 0 Å². The summed E-state index contributed by atoms with van der Waals surface area (Å²) in [6.07, 6.45) is 4.30. The van der Waals surface area contributed by atoms with Crippen LogP contribution in [0.1, 0.15) is 24.8 Å². The Balaban J connectivity index is 0.00000312. The first kappa shape index (κ1) is 21.6. The quantitative estimate of drug-likeness (QED) is 0.492. The first-order valence-electron chi connectivity index (χ1n) is 8.24. The predicted molar refractivity (Wildman–Crippen MR) is 103 cm³/mol. The molecule has 0 saturated carbocycles. The lowest BCUT2D eigenvalue weighted by atomic mass is 10.2. The van der Waals surface area contributed by atoms with Gasteiger partial charge >= 0.3 is 0 Å². The number of carbonyl (C=O) groups is 1. The third-order valence-electron chi connectivity index (χ3n) is 3.92. The Kier molecular flexibility index (Phi) is 9.71. The topological polar surface area (TPSA) is 50.8 Å². The molecule has 2 rings (SSSR count). The molecule has 1 aromatic rings. The van der Waals surface area contributed by atoms with Crippen LogP contribution in [0.25, 0.3) is 0 Å². The van der Waals surface area contributed by atoms with Crippen LogP contribution in [-0.2, 0) is 11.3 Å². The highest BCUT2D eigenvalue weighted by atomic mass is 35.5. The summed E-state index contributed by atoms with van der Waals surface area (Å²) in [4.78, 5) is 13.5. The van der Waals surface area contributed by atoms with Crippen molar-refractivity contribution in [3.05, 3.63) is 35.4 Å². The molecule has 1 aromatic carbocycles. The summed E-state index contributed by atoms with van der Waals surface area (Å²) in [5, 5.41) is 3.90. The summed E-state index contributed by atoms with van der Waals surface area (Å²) in [6.45, 7) is 7.26. The van der Waals surface area contributed by atoms with Crippen molar-refractivity contribution >= 4 is 29.9 Å². The van der Waals surface area contributed by atoms with Crippen molar-refractivity contribution < 1.29 is 14.3 Å². The molecule has 1 aliphatic rings. The number of rotatable bonds is 10. The molecule has 0 aromatic heterocycles. The Morgan fingerprint density at radius 2 is 2.24 bits per heavy atom. The fraction of sp³-hybridized carbons (Fsp3) is 0.500. The zero-order chi connectivity index (χ0) is 17.4. The molecule has 0 radical (unpaired) electrons. The average molecular weight is 389 g/mol. The highest BCUT2D eigenvalue weighted by Gasteiger charge is 2.18. The van der Waals surface area contributed by atoms with Crippen molar-refractivity contribution in [1.29, 1.82) is 0 Å². The number of methoxy groups -OCH3 is 1. The molecular formula is C18H26Cl2N2O3. The molecule has 1 amide bonds. The summed E-state index contributed by atoms with van der Waals surface area (Å²) in [6, 6.07) is 3.79. The summed E-state index contributed by atoms with van der Waals surface area (Å²) in [5.41, 5.74) is 1.03. The van der Waals surface area contributed by atoms with E-state index in [0.29, 0.717) is 36.1 Å². The van der Waals surface area contributed by atoms with Gasteiger partial charge in [0.15, 0.2) is 11.5 Å². The summed E-state index contributed by atoms with van der Waals surface area (Å²) in [5.74, 6) is 1.43. The van der Waals surface area contributed by atoms with Crippen LogP contribution >= 0.6 is 24.0 Å². The second kappa shape index (κ2) is 11.2. The van der Waals surface area contributed by atoms with Gasteiger partial charge in [0.25, 0.3) is 0 Å². The molecule has 1 saturated heterocycles. The maximum absolute atomic E-state index is 11.5. The largest absolute Gasteiger partial charge is 0.493 e. The van der Waals surface area contributed by atoms with Gasteiger partial charge in [-0.05, 0) is 37.1 Å². The third kappa shape index (κ3) is 6.42. The van der Waals surface area contributed by atoms with Crippen molar-refractivity contribution in [3.8, 4) is 11.5 Å². The van der Waals surface area contributed by atoms with Crippen LogP contribution in [0, 0.1) is 0 Å². The van der Waals surface area contributed by atoms with E-state index in [1.807, 2.05) is 17.0 Å². The molecule has 7 heteroatoms. The van der Waals surface area contributed by atoms with Crippen molar-refractivity contribution in [2.45, 2.75) is 25.8 Å². The van der Waals surface area contributed by atoms with Crippen LogP contribution in [0.5, 0.6) is 11.5 Å². The molecule has 0 spiro atoms. The van der Waals surface area contributed by atoms with Crippen molar-refractivity contribution in [2.75, 3.05) is 33.4 Å². The van der Waals surface area contributed by atoms with Crippen molar-refractivity contribution in [2.24, 2.45) is 0 Å². The van der Waals surface area contributed by atoms with Gasteiger partial charge in [0.2, 0.25) is 5.91 Å². The number of ether oxygens (including phenoxy) is 2. The molecule has 1 fully saturated rings. The van der Waals surface area contributed by atoms with Gasteiger partial charge in [0.1, 0.15) is 6.61 Å². The monoisotopic (exact) mass is 388 g/mol. The molecule has 1 heterocycles. The second-order valence-corrected chi connectivity index (χ2v) is 6.13. The van der Waals surface area contributed by atoms with Gasteiger partial charge in [-0.1, -0.05) is 24.3 Å². The Morgan fingerprint density at radius 1 is 1.44 bits per heavy atom. The smallest absolute Gasteiger partial charge is 0.222 e. The van der Waals surface area contributed by atoms with E-state index in [4.69, 9.17) is 21.1 Å². The summed E-state index contributed by atoms with van der Waals surface area (Å²) >= 11 is 6.28. The number of likely N-dealkylation sites (tertiary alicyclic amines) is 1. The molecule has 0 atom stereocenters. The molecule has 5 nitrogen and oxygen atoms in total. The van der Waals surface area contributed by atoms with Gasteiger partial charge in [-0.2, -0.15) is 0 Å². The molecule has 25 heavy (non-hydrogen) atoms. The van der Waals surface area contributed by atoms with Gasteiger partial charge in [0.05, 0.1) is 12.1 Å². The minimum atomic E-state index is 0. The van der Waals surface area contributed by atoms with E-state index in [-0.39, 0.29) is 18.3 Å². The minimum Gasteiger partial charge on any atom is -0.493 e. The van der Waals surface area contributed by atoms with Crippen LogP contribution in [0.3, 0.4) is 0 Å². The van der Waals surface area contributed by atoms with E-state index in [9.17, 15) is 4.79 Å². The molecule has 0 unspecified atom stereocenters. The minimum absolute atomic E-state index is 0. The van der Waals surface area contributed by atoms with E-state index in [0.717, 1.165) is 38.0 Å². The van der Waals surface area contributed by atoms with Crippen LogP contribution in [-0.4, -0.2) is 44.2 Å². The number of nitrogens with one attached hydrogen (secondary N) is 1. The fourth-order valence-electron chi connectivity index (χ4n) is 2.73. The Hall–Kier alpha value is -1.43. The van der Waals surface area contributed by atoms with E-state index in [1.165, 1.54) is 0 Å². The highest BCUT2D eigenvalue weighted by Crippen LogP contribution is 2.36. The lowest BCUT2D eigenvalue weighted by Gasteiger charge is -2.16. The third-order valence-corrected chi connectivity index (χ3v) is 4.20. The molecule has 1 N–H and O–H groups in total. The number of halogens is 2. The van der Waals surface area contributed by atoms with Crippen LogP contribution < -0.4 is 14.8 Å². The Bertz CT molecular complexity index is 582. The number of hydrogen-bond acceptors (Lipinski definition) is 4. The number of carbonyl (C=O) groups excluding carboxylic acids is 1. The van der Waals surface area contributed by atoms with E-state index in [1.54, 1.807) is 13.2 Å². The van der Waals surface area contributed by atoms with Crippen LogP contribution in [0.4, 0.5) is 0 Å². The number of nitrogens with zero attached hydrogens (tertiary/aromatic N) is 1. The maximum atomic E-state index is 11.5. The van der Waals surface area contributed by atoms with Gasteiger partial charge in [-0.3, -0.25) is 4.79 Å². The van der Waals surface area contributed by atoms with Crippen molar-refractivity contribution in [1.82, 2.24) is 10.2 Å². The lowest BCUT2D eigenvalue weighted by molar-refractivity contribution is -0.127. The summed E-state index contributed by atoms with van der Waals surface area (Å²) in [7, 11) is 1.59. The first-order chi connectivity index (χ1) is 11.7. The Labute approximate surface area is 160 Å². The SMILES string of the molecule is C=CCOc1c(Cl)cc(CNCCCN2CCCC2=O)cc1OC.Cl. The molecule has 0 aliphatic carbocycles. The molecule has 1 aliphatic heterocycles. The Morgan fingerprint density at radius 3 is 2.88 bits per heavy atom. The predicted octanol–water partition coefficient (Wildman–Crippen LogP) is 3.44. The van der Waals surface area contributed by atoms with Gasteiger partial charge in [0, 0.05) is 26.1 Å². The molecule has 140 valence electrons. The van der Waals surface area contributed by atoms with Crippen molar-refractivity contribution in [3.63, 3.8) is 0 Å². The average Bonchev–Trinajstić information content (AvgIpc) is 2.98. The van der Waals surface area contributed by atoms with E-state index in [2.05, 4.69) is 11.9 Å². The first-order valence-corrected chi connectivity index (χ1v) is 8.62. The number of benzene rings is 1. The normalized spacial score (nSPS) is 13.5. The van der Waals surface area contributed by atoms with Crippen LogP contribution in [0.15, 0.2) is 24.8 Å². The standard InChI is InChI=1S/C18H25ClN2O3.ClH/c1-3-10-24-18-15(19)11-14(12-16(18)23-2)13-20-7-5-9-21-8-4-6-17(21)22;/h3,11-12,20H,1,4-10,13H2,2H3;1H. The molecular weight excluding hydrogens is 363 g/mol.